The molecule has 140 valence electrons. The SMILES string of the molecule is CN(C(=O)Cn1nc(C(F)(F)F)c2c1CCC2)c1cncc2ccccc12. The summed E-state index contributed by atoms with van der Waals surface area (Å²) in [5, 5.41) is 5.45. The van der Waals surface area contributed by atoms with Crippen molar-refractivity contribution < 1.29 is 18.0 Å². The van der Waals surface area contributed by atoms with E-state index < -0.39 is 11.9 Å². The lowest BCUT2D eigenvalue weighted by Gasteiger charge is -2.19. The number of alkyl halides is 3. The van der Waals surface area contributed by atoms with E-state index in [2.05, 4.69) is 10.1 Å². The van der Waals surface area contributed by atoms with Crippen molar-refractivity contribution in [1.82, 2.24) is 14.8 Å². The Balaban J connectivity index is 1.65. The largest absolute Gasteiger partial charge is 0.435 e. The third-order valence-electron chi connectivity index (χ3n) is 4.94. The fourth-order valence-corrected chi connectivity index (χ4v) is 3.60. The highest BCUT2D eigenvalue weighted by molar-refractivity contribution is 6.02. The van der Waals surface area contributed by atoms with E-state index in [0.717, 1.165) is 10.8 Å². The number of nitrogens with zero attached hydrogens (tertiary/aromatic N) is 4. The van der Waals surface area contributed by atoms with Crippen LogP contribution < -0.4 is 4.90 Å². The molecular weight excluding hydrogens is 357 g/mol. The number of amides is 1. The Labute approximate surface area is 153 Å². The molecule has 0 spiro atoms. The molecule has 2 heterocycles. The molecule has 3 aromatic rings. The molecule has 1 aromatic carbocycles. The minimum absolute atomic E-state index is 0.227. The summed E-state index contributed by atoms with van der Waals surface area (Å²) in [7, 11) is 1.60. The lowest BCUT2D eigenvalue weighted by Crippen LogP contribution is -2.31. The molecule has 1 aliphatic carbocycles. The average Bonchev–Trinajstić information content (AvgIpc) is 3.23. The van der Waals surface area contributed by atoms with Crippen LogP contribution in [0.1, 0.15) is 23.4 Å². The van der Waals surface area contributed by atoms with Crippen molar-refractivity contribution in [3.63, 3.8) is 0 Å². The molecule has 0 saturated heterocycles. The summed E-state index contributed by atoms with van der Waals surface area (Å²) in [6.07, 6.45) is 0.274. The Hall–Kier alpha value is -2.90. The second-order valence-electron chi connectivity index (χ2n) is 6.62. The van der Waals surface area contributed by atoms with Crippen LogP contribution in [0.25, 0.3) is 10.8 Å². The molecular formula is C19H17F3N4O. The van der Waals surface area contributed by atoms with Crippen molar-refractivity contribution in [2.24, 2.45) is 0 Å². The summed E-state index contributed by atoms with van der Waals surface area (Å²) in [6.45, 7) is -0.238. The van der Waals surface area contributed by atoms with Crippen LogP contribution in [-0.4, -0.2) is 27.7 Å². The first-order valence-corrected chi connectivity index (χ1v) is 8.61. The summed E-state index contributed by atoms with van der Waals surface area (Å²) in [5.74, 6) is -0.348. The first-order chi connectivity index (χ1) is 12.9. The third-order valence-corrected chi connectivity index (χ3v) is 4.94. The Kier molecular flexibility index (Phi) is 4.13. The summed E-state index contributed by atoms with van der Waals surface area (Å²) in [5.41, 5.74) is 0.486. The van der Waals surface area contributed by atoms with E-state index in [1.807, 2.05) is 24.3 Å². The highest BCUT2D eigenvalue weighted by atomic mass is 19.4. The van der Waals surface area contributed by atoms with Crippen molar-refractivity contribution in [3.05, 3.63) is 53.6 Å². The van der Waals surface area contributed by atoms with Gasteiger partial charge in [0, 0.05) is 35.3 Å². The van der Waals surface area contributed by atoms with Gasteiger partial charge in [0.15, 0.2) is 5.69 Å². The second kappa shape index (κ2) is 6.37. The number of aromatic nitrogens is 3. The highest BCUT2D eigenvalue weighted by Gasteiger charge is 2.40. The maximum Gasteiger partial charge on any atom is 0.435 e. The molecule has 27 heavy (non-hydrogen) atoms. The number of benzene rings is 1. The third kappa shape index (κ3) is 3.05. The Morgan fingerprint density at radius 3 is 2.78 bits per heavy atom. The number of fused-ring (bicyclic) bond motifs is 2. The number of pyridine rings is 1. The predicted molar refractivity (Wildman–Crippen MR) is 94.4 cm³/mol. The van der Waals surface area contributed by atoms with E-state index in [1.54, 1.807) is 19.4 Å². The van der Waals surface area contributed by atoms with Crippen molar-refractivity contribution in [1.29, 1.82) is 0 Å². The molecule has 0 saturated carbocycles. The zero-order valence-corrected chi connectivity index (χ0v) is 14.6. The molecule has 0 bridgehead atoms. The summed E-state index contributed by atoms with van der Waals surface area (Å²) < 4.78 is 40.8. The number of likely N-dealkylation sites (N-methyl/N-ethyl adjacent to an activating group) is 1. The van der Waals surface area contributed by atoms with Gasteiger partial charge in [-0.05, 0) is 19.3 Å². The van der Waals surface area contributed by atoms with E-state index in [9.17, 15) is 18.0 Å². The Bertz CT molecular complexity index is 1020. The summed E-state index contributed by atoms with van der Waals surface area (Å²) in [4.78, 5) is 18.3. The molecule has 4 rings (SSSR count). The van der Waals surface area contributed by atoms with Crippen LogP contribution in [0, 0.1) is 0 Å². The van der Waals surface area contributed by atoms with Gasteiger partial charge in [0.1, 0.15) is 6.54 Å². The maximum absolute atomic E-state index is 13.2. The fraction of sp³-hybridized carbons (Fsp3) is 0.316. The molecule has 1 amide bonds. The molecule has 0 radical (unpaired) electrons. The average molecular weight is 374 g/mol. The fourth-order valence-electron chi connectivity index (χ4n) is 3.60. The molecule has 5 nitrogen and oxygen atoms in total. The number of hydrogen-bond acceptors (Lipinski definition) is 3. The maximum atomic E-state index is 13.2. The first-order valence-electron chi connectivity index (χ1n) is 8.61. The van der Waals surface area contributed by atoms with E-state index in [4.69, 9.17) is 0 Å². The van der Waals surface area contributed by atoms with Crippen molar-refractivity contribution in [2.45, 2.75) is 32.0 Å². The van der Waals surface area contributed by atoms with Crippen molar-refractivity contribution in [2.75, 3.05) is 11.9 Å². The van der Waals surface area contributed by atoms with Gasteiger partial charge < -0.3 is 4.90 Å². The van der Waals surface area contributed by atoms with Gasteiger partial charge in [-0.15, -0.1) is 0 Å². The summed E-state index contributed by atoms with van der Waals surface area (Å²) in [6, 6.07) is 7.51. The quantitative estimate of drug-likeness (QED) is 0.704. The van der Waals surface area contributed by atoms with Crippen molar-refractivity contribution in [3.8, 4) is 0 Å². The van der Waals surface area contributed by atoms with Gasteiger partial charge in [-0.25, -0.2) is 0 Å². The van der Waals surface area contributed by atoms with Crippen LogP contribution >= 0.6 is 0 Å². The van der Waals surface area contributed by atoms with Crippen LogP contribution in [0.2, 0.25) is 0 Å². The molecule has 1 aliphatic rings. The lowest BCUT2D eigenvalue weighted by atomic mass is 10.1. The molecule has 0 fully saturated rings. The van der Waals surface area contributed by atoms with Gasteiger partial charge in [-0.1, -0.05) is 24.3 Å². The zero-order chi connectivity index (χ0) is 19.2. The zero-order valence-electron chi connectivity index (χ0n) is 14.6. The van der Waals surface area contributed by atoms with Crippen molar-refractivity contribution >= 4 is 22.4 Å². The molecule has 2 aromatic heterocycles. The van der Waals surface area contributed by atoms with Crippen LogP contribution in [0.5, 0.6) is 0 Å². The topological polar surface area (TPSA) is 51.0 Å². The molecule has 8 heteroatoms. The highest BCUT2D eigenvalue weighted by Crippen LogP contribution is 2.36. The van der Waals surface area contributed by atoms with E-state index >= 15 is 0 Å². The smallest absolute Gasteiger partial charge is 0.312 e. The van der Waals surface area contributed by atoms with Gasteiger partial charge in [-0.3, -0.25) is 14.5 Å². The Morgan fingerprint density at radius 1 is 1.22 bits per heavy atom. The molecule has 0 unspecified atom stereocenters. The standard InChI is InChI=1S/C19H17F3N4O/c1-25(16-10-23-9-12-5-2-3-6-13(12)16)17(27)11-26-15-8-4-7-14(15)18(24-26)19(20,21)22/h2-3,5-6,9-10H,4,7-8,11H2,1H3. The second-order valence-corrected chi connectivity index (χ2v) is 6.62. The van der Waals surface area contributed by atoms with Crippen LogP contribution in [0.3, 0.4) is 0 Å². The summed E-state index contributed by atoms with van der Waals surface area (Å²) >= 11 is 0. The molecule has 0 N–H and O–H groups in total. The number of carbonyl (C=O) groups is 1. The number of hydrogen-bond donors (Lipinski definition) is 0. The lowest BCUT2D eigenvalue weighted by molar-refractivity contribution is -0.142. The minimum atomic E-state index is -4.51. The van der Waals surface area contributed by atoms with E-state index in [1.165, 1.54) is 9.58 Å². The minimum Gasteiger partial charge on any atom is -0.312 e. The van der Waals surface area contributed by atoms with Gasteiger partial charge in [0.2, 0.25) is 5.91 Å². The number of carbonyl (C=O) groups excluding carboxylic acids is 1. The number of anilines is 1. The first kappa shape index (κ1) is 17.5. The predicted octanol–water partition coefficient (Wildman–Crippen LogP) is 3.60. The van der Waals surface area contributed by atoms with Gasteiger partial charge >= 0.3 is 6.18 Å². The number of rotatable bonds is 3. The molecule has 0 atom stereocenters. The van der Waals surface area contributed by atoms with Gasteiger partial charge in [-0.2, -0.15) is 18.3 Å². The molecule has 0 aliphatic heterocycles. The van der Waals surface area contributed by atoms with Crippen LogP contribution in [0.15, 0.2) is 36.7 Å². The Morgan fingerprint density at radius 2 is 2.00 bits per heavy atom. The van der Waals surface area contributed by atoms with E-state index in [-0.39, 0.29) is 18.0 Å². The van der Waals surface area contributed by atoms with Gasteiger partial charge in [0.25, 0.3) is 0 Å². The van der Waals surface area contributed by atoms with Crippen LogP contribution in [-0.2, 0) is 30.4 Å². The van der Waals surface area contributed by atoms with Crippen LogP contribution in [0.4, 0.5) is 18.9 Å². The number of halogens is 3. The monoisotopic (exact) mass is 374 g/mol. The van der Waals surface area contributed by atoms with Gasteiger partial charge in [0.05, 0.1) is 11.9 Å². The normalized spacial score (nSPS) is 13.8. The van der Waals surface area contributed by atoms with E-state index in [0.29, 0.717) is 30.6 Å².